The lowest BCUT2D eigenvalue weighted by molar-refractivity contribution is 0.0782. The topological polar surface area (TPSA) is 89.5 Å². The molecule has 5 rings (SSSR count). The van der Waals surface area contributed by atoms with Gasteiger partial charge in [-0.25, -0.2) is 26.7 Å². The summed E-state index contributed by atoms with van der Waals surface area (Å²) in [6.07, 6.45) is 2.96. The summed E-state index contributed by atoms with van der Waals surface area (Å²) in [6, 6.07) is 12.8. The third-order valence-electron chi connectivity index (χ3n) is 5.94. The van der Waals surface area contributed by atoms with Crippen LogP contribution in [-0.2, 0) is 15.6 Å². The Hall–Kier alpha value is -3.56. The molecule has 174 valence electrons. The van der Waals surface area contributed by atoms with Crippen molar-refractivity contribution in [3.63, 3.8) is 0 Å². The molecule has 0 atom stereocenters. The molecule has 0 fully saturated rings. The molecular weight excluding hydrogens is 455 g/mol. The first kappa shape index (κ1) is 22.2. The first-order valence-electron chi connectivity index (χ1n) is 10.7. The average Bonchev–Trinajstić information content (AvgIpc) is 3.35. The molecule has 0 amide bonds. The smallest absolute Gasteiger partial charge is 0.269 e. The van der Waals surface area contributed by atoms with Gasteiger partial charge in [0.2, 0.25) is 0 Å². The number of imidazole rings is 1. The van der Waals surface area contributed by atoms with Crippen molar-refractivity contribution in [1.29, 1.82) is 0 Å². The van der Waals surface area contributed by atoms with Crippen LogP contribution in [0.25, 0.3) is 27.9 Å². The molecule has 0 spiro atoms. The molecule has 7 nitrogen and oxygen atoms in total. The number of nitrogens with zero attached hydrogens (tertiary/aromatic N) is 4. The molecule has 0 unspecified atom stereocenters. The number of benzene rings is 2. The zero-order valence-corrected chi connectivity index (χ0v) is 19.9. The van der Waals surface area contributed by atoms with Crippen molar-refractivity contribution < 1.29 is 17.9 Å². The molecule has 9 heteroatoms. The lowest BCUT2D eigenvalue weighted by Gasteiger charge is -2.18. The average molecular weight is 479 g/mol. The lowest BCUT2D eigenvalue weighted by atomic mass is 9.96. The van der Waals surface area contributed by atoms with Gasteiger partial charge in [0.1, 0.15) is 17.3 Å². The lowest BCUT2D eigenvalue weighted by Crippen LogP contribution is -2.15. The minimum Gasteiger partial charge on any atom is -0.386 e. The summed E-state index contributed by atoms with van der Waals surface area (Å²) in [5, 5.41) is 10.2. The molecule has 0 bridgehead atoms. The Morgan fingerprint density at radius 1 is 1.00 bits per heavy atom. The van der Waals surface area contributed by atoms with E-state index in [2.05, 4.69) is 9.97 Å². The Morgan fingerprint density at radius 2 is 1.71 bits per heavy atom. The largest absolute Gasteiger partial charge is 0.386 e. The minimum atomic E-state index is -3.85. The van der Waals surface area contributed by atoms with Crippen LogP contribution in [0.1, 0.15) is 30.8 Å². The van der Waals surface area contributed by atoms with Gasteiger partial charge in [0.05, 0.1) is 27.7 Å². The third kappa shape index (κ3) is 3.39. The number of fused-ring (bicyclic) bond motifs is 3. The van der Waals surface area contributed by atoms with Crippen LogP contribution in [0.4, 0.5) is 4.39 Å². The Kier molecular flexibility index (Phi) is 4.89. The van der Waals surface area contributed by atoms with E-state index < -0.39 is 21.4 Å². The Morgan fingerprint density at radius 3 is 2.35 bits per heavy atom. The minimum absolute atomic E-state index is 0.162. The van der Waals surface area contributed by atoms with Crippen LogP contribution >= 0.6 is 0 Å². The van der Waals surface area contributed by atoms with Crippen LogP contribution in [0.2, 0.25) is 0 Å². The molecule has 5 aromatic rings. The quantitative estimate of drug-likeness (QED) is 0.409. The molecule has 3 aromatic heterocycles. The van der Waals surface area contributed by atoms with Gasteiger partial charge in [-0.2, -0.15) is 0 Å². The highest BCUT2D eigenvalue weighted by atomic mass is 32.2. The van der Waals surface area contributed by atoms with Crippen molar-refractivity contribution in [3.05, 3.63) is 83.7 Å². The number of rotatable bonds is 4. The fourth-order valence-electron chi connectivity index (χ4n) is 4.09. The second kappa shape index (κ2) is 7.48. The van der Waals surface area contributed by atoms with Crippen LogP contribution in [0.5, 0.6) is 0 Å². The highest BCUT2D eigenvalue weighted by Gasteiger charge is 2.24. The molecule has 2 aromatic carbocycles. The molecule has 34 heavy (non-hydrogen) atoms. The number of aromatic nitrogens is 4. The molecule has 0 radical (unpaired) electrons. The first-order chi connectivity index (χ1) is 16.0. The number of hydrogen-bond acceptors (Lipinski definition) is 5. The van der Waals surface area contributed by atoms with Crippen molar-refractivity contribution in [2.45, 2.75) is 38.2 Å². The summed E-state index contributed by atoms with van der Waals surface area (Å²) in [5.41, 5.74) is 2.23. The van der Waals surface area contributed by atoms with Gasteiger partial charge in [0, 0.05) is 11.8 Å². The highest BCUT2D eigenvalue weighted by Crippen LogP contribution is 2.32. The van der Waals surface area contributed by atoms with Gasteiger partial charge in [0.15, 0.2) is 5.65 Å². The van der Waals surface area contributed by atoms with Crippen LogP contribution in [0.15, 0.2) is 65.8 Å². The SMILES string of the molecule is Cc1ccc(S(=O)(=O)n2ccc3c2ncc2c(-c4ccc(C(C)(C)O)cc4F)nc(C)n23)cc1. The van der Waals surface area contributed by atoms with Gasteiger partial charge in [-0.3, -0.25) is 4.40 Å². The first-order valence-corrected chi connectivity index (χ1v) is 12.1. The normalized spacial score (nSPS) is 12.6. The summed E-state index contributed by atoms with van der Waals surface area (Å²) in [4.78, 5) is 9.15. The zero-order chi connectivity index (χ0) is 24.4. The van der Waals surface area contributed by atoms with E-state index in [1.807, 2.05) is 6.92 Å². The number of hydrogen-bond donors (Lipinski definition) is 1. The molecule has 3 heterocycles. The van der Waals surface area contributed by atoms with Crippen molar-refractivity contribution in [2.24, 2.45) is 0 Å². The van der Waals surface area contributed by atoms with Gasteiger partial charge in [-0.15, -0.1) is 0 Å². The van der Waals surface area contributed by atoms with E-state index in [1.165, 1.54) is 18.5 Å². The van der Waals surface area contributed by atoms with Crippen molar-refractivity contribution >= 4 is 26.7 Å². The van der Waals surface area contributed by atoms with Gasteiger partial charge in [0.25, 0.3) is 10.0 Å². The standard InChI is InChI=1S/C25H23FN4O3S/c1-15-5-8-18(9-6-15)34(32,33)29-12-11-21-24(29)27-14-22-23(28-16(2)30(21)22)19-10-7-17(13-20(19)26)25(3,4)31/h5-14,31H,1-4H3. The molecule has 0 saturated carbocycles. The van der Waals surface area contributed by atoms with Gasteiger partial charge >= 0.3 is 0 Å². The molecular formula is C25H23FN4O3S. The van der Waals surface area contributed by atoms with E-state index in [-0.39, 0.29) is 16.1 Å². The Balaban J connectivity index is 1.69. The molecule has 0 saturated heterocycles. The Labute approximate surface area is 196 Å². The maximum atomic E-state index is 15.0. The van der Waals surface area contributed by atoms with Crippen molar-refractivity contribution in [3.8, 4) is 11.3 Å². The summed E-state index contributed by atoms with van der Waals surface area (Å²) >= 11 is 0. The monoisotopic (exact) mass is 478 g/mol. The number of halogens is 1. The second-order valence-corrected chi connectivity index (χ2v) is 10.7. The van der Waals surface area contributed by atoms with Crippen LogP contribution in [-0.4, -0.2) is 31.9 Å². The Bertz CT molecular complexity index is 1680. The van der Waals surface area contributed by atoms with Crippen molar-refractivity contribution in [1.82, 2.24) is 18.3 Å². The zero-order valence-electron chi connectivity index (χ0n) is 19.1. The fourth-order valence-corrected chi connectivity index (χ4v) is 5.39. The summed E-state index contributed by atoms with van der Waals surface area (Å²) in [6.45, 7) is 6.84. The maximum Gasteiger partial charge on any atom is 0.269 e. The summed E-state index contributed by atoms with van der Waals surface area (Å²) in [5.74, 6) is 0.0492. The fraction of sp³-hybridized carbons (Fsp3) is 0.200. The van der Waals surface area contributed by atoms with Gasteiger partial charge in [-0.05, 0) is 63.6 Å². The predicted octanol–water partition coefficient (Wildman–Crippen LogP) is 4.57. The highest BCUT2D eigenvalue weighted by molar-refractivity contribution is 7.90. The number of aliphatic hydroxyl groups is 1. The van der Waals surface area contributed by atoms with E-state index in [9.17, 15) is 13.5 Å². The third-order valence-corrected chi connectivity index (χ3v) is 7.63. The number of aryl methyl sites for hydroxylation is 2. The summed E-state index contributed by atoms with van der Waals surface area (Å²) in [7, 11) is -3.85. The molecule has 1 N–H and O–H groups in total. The summed E-state index contributed by atoms with van der Waals surface area (Å²) < 4.78 is 44.4. The van der Waals surface area contributed by atoms with Gasteiger partial charge in [-0.1, -0.05) is 23.8 Å². The van der Waals surface area contributed by atoms with E-state index in [1.54, 1.807) is 67.6 Å². The van der Waals surface area contributed by atoms with Gasteiger partial charge < -0.3 is 5.11 Å². The predicted molar refractivity (Wildman–Crippen MR) is 128 cm³/mol. The molecule has 0 aliphatic carbocycles. The second-order valence-electron chi connectivity index (χ2n) is 8.88. The molecule has 0 aliphatic heterocycles. The molecule has 0 aliphatic rings. The van der Waals surface area contributed by atoms with E-state index in [0.717, 1.165) is 9.54 Å². The maximum absolute atomic E-state index is 15.0. The van der Waals surface area contributed by atoms with Crippen LogP contribution in [0.3, 0.4) is 0 Å². The van der Waals surface area contributed by atoms with Crippen LogP contribution < -0.4 is 0 Å². The van der Waals surface area contributed by atoms with E-state index in [0.29, 0.717) is 28.1 Å². The van der Waals surface area contributed by atoms with E-state index >= 15 is 4.39 Å². The van der Waals surface area contributed by atoms with Crippen LogP contribution in [0, 0.1) is 19.7 Å². The van der Waals surface area contributed by atoms with E-state index in [4.69, 9.17) is 0 Å². The van der Waals surface area contributed by atoms with Crippen molar-refractivity contribution in [2.75, 3.05) is 0 Å².